The van der Waals surface area contributed by atoms with Crippen LogP contribution in [-0.4, -0.2) is 30.0 Å². The van der Waals surface area contributed by atoms with Gasteiger partial charge in [0.2, 0.25) is 0 Å². The van der Waals surface area contributed by atoms with Crippen LogP contribution >= 0.6 is 0 Å². The highest BCUT2D eigenvalue weighted by Crippen LogP contribution is 2.16. The smallest absolute Gasteiger partial charge is 0.252 e. The van der Waals surface area contributed by atoms with Crippen molar-refractivity contribution in [3.8, 4) is 0 Å². The second kappa shape index (κ2) is 5.82. The van der Waals surface area contributed by atoms with E-state index in [-0.39, 0.29) is 0 Å². The summed E-state index contributed by atoms with van der Waals surface area (Å²) in [6.45, 7) is 3.78. The van der Waals surface area contributed by atoms with Crippen molar-refractivity contribution in [3.05, 3.63) is 23.4 Å². The molecule has 1 aliphatic rings. The quantitative estimate of drug-likeness (QED) is 0.727. The molecule has 1 unspecified atom stereocenters. The fourth-order valence-corrected chi connectivity index (χ4v) is 2.37. The average molecular weight is 248 g/mol. The molecule has 5 nitrogen and oxygen atoms in total. The molecule has 1 amide bonds. The van der Waals surface area contributed by atoms with Gasteiger partial charge in [0.1, 0.15) is 5.82 Å². The summed E-state index contributed by atoms with van der Waals surface area (Å²) in [6, 6.07) is 2.38. The molecular formula is C13H20N4O. The minimum absolute atomic E-state index is 0.429. The highest BCUT2D eigenvalue weighted by molar-refractivity contribution is 5.98. The second-order valence-electron chi connectivity index (χ2n) is 4.72. The predicted octanol–water partition coefficient (Wildman–Crippen LogP) is 1.04. The van der Waals surface area contributed by atoms with Gasteiger partial charge in [-0.15, -0.1) is 0 Å². The first-order valence-corrected chi connectivity index (χ1v) is 6.41. The summed E-state index contributed by atoms with van der Waals surface area (Å²) in [4.78, 5) is 15.6. The number of carbonyl (C=O) groups excluding carboxylic acids is 1. The summed E-state index contributed by atoms with van der Waals surface area (Å²) in [5.74, 6) is 0.169. The van der Waals surface area contributed by atoms with Gasteiger partial charge in [-0.3, -0.25) is 4.79 Å². The fraction of sp³-hybridized carbons (Fsp3) is 0.538. The molecule has 18 heavy (non-hydrogen) atoms. The molecule has 0 saturated carbocycles. The van der Waals surface area contributed by atoms with Crippen LogP contribution in [0.15, 0.2) is 12.3 Å². The molecule has 2 heterocycles. The van der Waals surface area contributed by atoms with Gasteiger partial charge in [-0.05, 0) is 44.4 Å². The van der Waals surface area contributed by atoms with E-state index in [4.69, 9.17) is 5.73 Å². The normalized spacial score (nSPS) is 18.8. The third-order valence-corrected chi connectivity index (χ3v) is 3.35. The average Bonchev–Trinajstić information content (AvgIpc) is 2.81. The molecule has 5 heteroatoms. The number of nitrogens with zero attached hydrogens (tertiary/aromatic N) is 1. The fourth-order valence-electron chi connectivity index (χ4n) is 2.37. The molecule has 0 radical (unpaired) electrons. The number of nitrogens with one attached hydrogen (secondary N) is 2. The number of rotatable bonds is 5. The van der Waals surface area contributed by atoms with Crippen LogP contribution in [0.5, 0.6) is 0 Å². The molecule has 98 valence electrons. The van der Waals surface area contributed by atoms with Crippen LogP contribution in [0.4, 0.5) is 5.82 Å². The molecule has 1 aliphatic heterocycles. The largest absolute Gasteiger partial charge is 0.369 e. The molecule has 1 fully saturated rings. The minimum atomic E-state index is -0.429. The summed E-state index contributed by atoms with van der Waals surface area (Å²) >= 11 is 0. The molecular weight excluding hydrogens is 228 g/mol. The van der Waals surface area contributed by atoms with E-state index in [2.05, 4.69) is 15.6 Å². The van der Waals surface area contributed by atoms with Crippen LogP contribution in [0, 0.1) is 6.92 Å². The zero-order chi connectivity index (χ0) is 13.0. The van der Waals surface area contributed by atoms with E-state index in [1.807, 2.05) is 6.92 Å². The number of aryl methyl sites for hydroxylation is 1. The van der Waals surface area contributed by atoms with Crippen molar-refractivity contribution in [2.45, 2.75) is 32.2 Å². The van der Waals surface area contributed by atoms with Crippen molar-refractivity contribution in [2.24, 2.45) is 5.73 Å². The van der Waals surface area contributed by atoms with Gasteiger partial charge < -0.3 is 16.4 Å². The van der Waals surface area contributed by atoms with Gasteiger partial charge in [0.05, 0.1) is 5.56 Å². The van der Waals surface area contributed by atoms with Gasteiger partial charge in [0, 0.05) is 18.8 Å². The van der Waals surface area contributed by atoms with Crippen molar-refractivity contribution in [1.82, 2.24) is 10.3 Å². The lowest BCUT2D eigenvalue weighted by Crippen LogP contribution is -2.25. The maximum atomic E-state index is 11.4. The number of hydrogen-bond acceptors (Lipinski definition) is 4. The first-order chi connectivity index (χ1) is 8.68. The van der Waals surface area contributed by atoms with Crippen LogP contribution in [-0.2, 0) is 0 Å². The minimum Gasteiger partial charge on any atom is -0.369 e. The Balaban J connectivity index is 1.96. The first-order valence-electron chi connectivity index (χ1n) is 6.41. The van der Waals surface area contributed by atoms with E-state index in [9.17, 15) is 4.79 Å². The lowest BCUT2D eigenvalue weighted by atomic mass is 10.1. The number of anilines is 1. The van der Waals surface area contributed by atoms with Gasteiger partial charge in [-0.25, -0.2) is 4.98 Å². The van der Waals surface area contributed by atoms with Gasteiger partial charge >= 0.3 is 0 Å². The third kappa shape index (κ3) is 2.98. The number of hydrogen-bond donors (Lipinski definition) is 3. The number of carbonyl (C=O) groups is 1. The molecule has 0 bridgehead atoms. The van der Waals surface area contributed by atoms with Crippen molar-refractivity contribution in [2.75, 3.05) is 18.4 Å². The first kappa shape index (κ1) is 12.8. The van der Waals surface area contributed by atoms with Gasteiger partial charge in [0.15, 0.2) is 0 Å². The highest BCUT2D eigenvalue weighted by Gasteiger charge is 2.15. The van der Waals surface area contributed by atoms with E-state index in [0.29, 0.717) is 17.4 Å². The van der Waals surface area contributed by atoms with Crippen LogP contribution < -0.4 is 16.4 Å². The molecule has 0 spiro atoms. The van der Waals surface area contributed by atoms with E-state index in [1.165, 1.54) is 12.8 Å². The molecule has 1 aromatic heterocycles. The monoisotopic (exact) mass is 248 g/mol. The molecule has 2 rings (SSSR count). The lowest BCUT2D eigenvalue weighted by Gasteiger charge is -2.13. The van der Waals surface area contributed by atoms with Crippen LogP contribution in [0.2, 0.25) is 0 Å². The summed E-state index contributed by atoms with van der Waals surface area (Å²) in [5.41, 5.74) is 6.74. The van der Waals surface area contributed by atoms with Crippen molar-refractivity contribution in [1.29, 1.82) is 0 Å². The highest BCUT2D eigenvalue weighted by atomic mass is 16.1. The predicted molar refractivity (Wildman–Crippen MR) is 71.6 cm³/mol. The van der Waals surface area contributed by atoms with Crippen molar-refractivity contribution < 1.29 is 4.79 Å². The van der Waals surface area contributed by atoms with E-state index in [0.717, 1.165) is 25.1 Å². The SMILES string of the molecule is Cc1ccnc(NCCC2CCCN2)c1C(N)=O. The second-order valence-corrected chi connectivity index (χ2v) is 4.72. The maximum absolute atomic E-state index is 11.4. The van der Waals surface area contributed by atoms with E-state index >= 15 is 0 Å². The topological polar surface area (TPSA) is 80.0 Å². The third-order valence-electron chi connectivity index (χ3n) is 3.35. The number of primary amides is 1. The van der Waals surface area contributed by atoms with E-state index in [1.54, 1.807) is 12.3 Å². The van der Waals surface area contributed by atoms with Crippen LogP contribution in [0.1, 0.15) is 35.2 Å². The van der Waals surface area contributed by atoms with Crippen molar-refractivity contribution >= 4 is 11.7 Å². The Morgan fingerprint density at radius 2 is 2.50 bits per heavy atom. The number of pyridine rings is 1. The summed E-state index contributed by atoms with van der Waals surface area (Å²) < 4.78 is 0. The summed E-state index contributed by atoms with van der Waals surface area (Å²) in [7, 11) is 0. The standard InChI is InChI=1S/C13H20N4O/c1-9-4-7-16-13(11(9)12(14)18)17-8-5-10-3-2-6-15-10/h4,7,10,15H,2-3,5-6,8H2,1H3,(H2,14,18)(H,16,17). The molecule has 1 atom stereocenters. The molecule has 1 saturated heterocycles. The van der Waals surface area contributed by atoms with Gasteiger partial charge in [0.25, 0.3) is 5.91 Å². The summed E-state index contributed by atoms with van der Waals surface area (Å²) in [5, 5.41) is 6.65. The Morgan fingerprint density at radius 3 is 3.17 bits per heavy atom. The molecule has 1 aromatic rings. The zero-order valence-corrected chi connectivity index (χ0v) is 10.7. The number of amides is 1. The van der Waals surface area contributed by atoms with Crippen LogP contribution in [0.3, 0.4) is 0 Å². The summed E-state index contributed by atoms with van der Waals surface area (Å²) in [6.07, 6.45) is 5.21. The lowest BCUT2D eigenvalue weighted by molar-refractivity contribution is 0.1000. The molecule has 0 aliphatic carbocycles. The van der Waals surface area contributed by atoms with Gasteiger partial charge in [-0.1, -0.05) is 0 Å². The Bertz CT molecular complexity index is 427. The Morgan fingerprint density at radius 1 is 1.67 bits per heavy atom. The van der Waals surface area contributed by atoms with Gasteiger partial charge in [-0.2, -0.15) is 0 Å². The number of nitrogens with two attached hydrogens (primary N) is 1. The van der Waals surface area contributed by atoms with Crippen LogP contribution in [0.25, 0.3) is 0 Å². The number of aromatic nitrogens is 1. The Labute approximate surface area is 107 Å². The molecule has 4 N–H and O–H groups in total. The Hall–Kier alpha value is -1.62. The van der Waals surface area contributed by atoms with E-state index < -0.39 is 5.91 Å². The zero-order valence-electron chi connectivity index (χ0n) is 10.7. The maximum Gasteiger partial charge on any atom is 0.252 e. The van der Waals surface area contributed by atoms with Crippen molar-refractivity contribution in [3.63, 3.8) is 0 Å². The Kier molecular flexibility index (Phi) is 4.15. The molecule has 0 aromatic carbocycles.